The van der Waals surface area contributed by atoms with Crippen molar-refractivity contribution >= 4 is 29.3 Å². The number of carbonyl (C=O) groups is 1. The number of halogens is 1. The number of carbonyl (C=O) groups excluding carboxylic acids is 1. The second kappa shape index (κ2) is 8.74. The van der Waals surface area contributed by atoms with Gasteiger partial charge in [-0.2, -0.15) is 0 Å². The van der Waals surface area contributed by atoms with Gasteiger partial charge in [0.25, 0.3) is 0 Å². The van der Waals surface area contributed by atoms with Crippen LogP contribution >= 0.6 is 23.4 Å². The van der Waals surface area contributed by atoms with Crippen molar-refractivity contribution < 1.29 is 4.79 Å². The van der Waals surface area contributed by atoms with Crippen LogP contribution in [0.1, 0.15) is 12.8 Å². The molecule has 112 valence electrons. The van der Waals surface area contributed by atoms with E-state index in [9.17, 15) is 4.79 Å². The van der Waals surface area contributed by atoms with E-state index in [4.69, 9.17) is 11.6 Å². The lowest BCUT2D eigenvalue weighted by Crippen LogP contribution is -2.25. The molecule has 0 fully saturated rings. The summed E-state index contributed by atoms with van der Waals surface area (Å²) in [6.07, 6.45) is 6.90. The van der Waals surface area contributed by atoms with Crippen LogP contribution in [-0.4, -0.2) is 27.8 Å². The van der Waals surface area contributed by atoms with E-state index >= 15 is 0 Å². The Bertz CT molecular complexity index is 543. The second-order valence-electron chi connectivity index (χ2n) is 4.56. The third-order valence-corrected chi connectivity index (χ3v) is 4.15. The molecule has 1 heterocycles. The summed E-state index contributed by atoms with van der Waals surface area (Å²) in [5.41, 5.74) is 0. The first-order chi connectivity index (χ1) is 10.2. The number of aromatic nitrogens is 2. The smallest absolute Gasteiger partial charge is 0.220 e. The first-order valence-corrected chi connectivity index (χ1v) is 8.21. The largest absolute Gasteiger partial charge is 0.356 e. The highest BCUT2D eigenvalue weighted by Crippen LogP contribution is 2.20. The van der Waals surface area contributed by atoms with Crippen molar-refractivity contribution in [2.45, 2.75) is 24.3 Å². The van der Waals surface area contributed by atoms with E-state index in [2.05, 4.69) is 10.3 Å². The van der Waals surface area contributed by atoms with Gasteiger partial charge in [-0.25, -0.2) is 4.98 Å². The number of thioether (sulfide) groups is 1. The summed E-state index contributed by atoms with van der Waals surface area (Å²) in [4.78, 5) is 16.8. The fourth-order valence-corrected chi connectivity index (χ4v) is 2.77. The Hall–Kier alpha value is -1.46. The topological polar surface area (TPSA) is 46.9 Å². The molecule has 0 radical (unpaired) electrons. The van der Waals surface area contributed by atoms with Gasteiger partial charge in [-0.15, -0.1) is 11.8 Å². The van der Waals surface area contributed by atoms with Crippen LogP contribution in [-0.2, 0) is 11.3 Å². The summed E-state index contributed by atoms with van der Waals surface area (Å²) >= 11 is 7.49. The van der Waals surface area contributed by atoms with Crippen molar-refractivity contribution in [2.24, 2.45) is 0 Å². The normalized spacial score (nSPS) is 10.5. The average molecular weight is 324 g/mol. The highest BCUT2D eigenvalue weighted by molar-refractivity contribution is 7.99. The van der Waals surface area contributed by atoms with Gasteiger partial charge in [-0.1, -0.05) is 11.6 Å². The van der Waals surface area contributed by atoms with Crippen molar-refractivity contribution in [2.75, 3.05) is 12.3 Å². The molecule has 0 aliphatic heterocycles. The van der Waals surface area contributed by atoms with E-state index in [1.807, 2.05) is 35.0 Å². The van der Waals surface area contributed by atoms with Crippen LogP contribution in [0.15, 0.2) is 47.9 Å². The first-order valence-electron chi connectivity index (χ1n) is 6.85. The summed E-state index contributed by atoms with van der Waals surface area (Å²) < 4.78 is 2.00. The van der Waals surface area contributed by atoms with Gasteiger partial charge in [0.2, 0.25) is 5.91 Å². The fraction of sp³-hybridized carbons (Fsp3) is 0.333. The zero-order valence-corrected chi connectivity index (χ0v) is 13.2. The van der Waals surface area contributed by atoms with Crippen LogP contribution in [0.3, 0.4) is 0 Å². The van der Waals surface area contributed by atoms with Crippen LogP contribution in [0.2, 0.25) is 5.02 Å². The maximum atomic E-state index is 11.7. The molecule has 2 rings (SSSR count). The number of amides is 1. The Labute approximate surface area is 133 Å². The SMILES string of the molecule is O=C(CCSc1ccc(Cl)cc1)NCCCn1ccnc1. The van der Waals surface area contributed by atoms with Gasteiger partial charge in [0.15, 0.2) is 0 Å². The lowest BCUT2D eigenvalue weighted by atomic mass is 10.4. The molecule has 0 atom stereocenters. The van der Waals surface area contributed by atoms with Gasteiger partial charge in [-0.3, -0.25) is 4.79 Å². The van der Waals surface area contributed by atoms with Gasteiger partial charge >= 0.3 is 0 Å². The molecule has 0 aliphatic carbocycles. The second-order valence-corrected chi connectivity index (χ2v) is 6.16. The van der Waals surface area contributed by atoms with E-state index in [1.54, 1.807) is 24.3 Å². The molecule has 1 amide bonds. The molecule has 0 bridgehead atoms. The van der Waals surface area contributed by atoms with Crippen LogP contribution in [0.25, 0.3) is 0 Å². The standard InChI is InChI=1S/C15H18ClN3OS/c16-13-2-4-14(5-3-13)21-11-6-15(20)18-7-1-9-19-10-8-17-12-19/h2-5,8,10,12H,1,6-7,9,11H2,(H,18,20). The molecule has 0 saturated carbocycles. The Morgan fingerprint density at radius 2 is 2.14 bits per heavy atom. The summed E-state index contributed by atoms with van der Waals surface area (Å²) in [5.74, 6) is 0.872. The Kier molecular flexibility index (Phi) is 6.63. The minimum atomic E-state index is 0.0992. The fourth-order valence-electron chi connectivity index (χ4n) is 1.79. The molecule has 0 spiro atoms. The number of rotatable bonds is 8. The Morgan fingerprint density at radius 3 is 2.86 bits per heavy atom. The first kappa shape index (κ1) is 15.9. The number of nitrogens with one attached hydrogen (secondary N) is 1. The summed E-state index contributed by atoms with van der Waals surface area (Å²) in [6.45, 7) is 1.57. The highest BCUT2D eigenvalue weighted by Gasteiger charge is 2.02. The minimum absolute atomic E-state index is 0.0992. The molecule has 1 aromatic heterocycles. The van der Waals surface area contributed by atoms with Gasteiger partial charge in [0, 0.05) is 47.6 Å². The minimum Gasteiger partial charge on any atom is -0.356 e. The van der Waals surface area contributed by atoms with Gasteiger partial charge in [0.05, 0.1) is 6.33 Å². The van der Waals surface area contributed by atoms with E-state index in [0.29, 0.717) is 13.0 Å². The van der Waals surface area contributed by atoms with Gasteiger partial charge in [0.1, 0.15) is 0 Å². The van der Waals surface area contributed by atoms with Crippen molar-refractivity contribution in [3.05, 3.63) is 48.0 Å². The molecule has 0 unspecified atom stereocenters. The molecule has 1 aromatic carbocycles. The number of imidazole rings is 1. The molecule has 2 aromatic rings. The van der Waals surface area contributed by atoms with Crippen LogP contribution in [0.5, 0.6) is 0 Å². The van der Waals surface area contributed by atoms with Crippen molar-refractivity contribution in [1.82, 2.24) is 14.9 Å². The highest BCUT2D eigenvalue weighted by atomic mass is 35.5. The molecule has 21 heavy (non-hydrogen) atoms. The lowest BCUT2D eigenvalue weighted by Gasteiger charge is -2.06. The van der Waals surface area contributed by atoms with E-state index in [-0.39, 0.29) is 5.91 Å². The Balaban J connectivity index is 1.54. The number of nitrogens with zero attached hydrogens (tertiary/aromatic N) is 2. The van der Waals surface area contributed by atoms with Crippen molar-refractivity contribution in [3.63, 3.8) is 0 Å². The van der Waals surface area contributed by atoms with E-state index in [1.165, 1.54) is 0 Å². The monoisotopic (exact) mass is 323 g/mol. The van der Waals surface area contributed by atoms with Gasteiger partial charge < -0.3 is 9.88 Å². The number of benzene rings is 1. The molecular weight excluding hydrogens is 306 g/mol. The average Bonchev–Trinajstić information content (AvgIpc) is 2.99. The van der Waals surface area contributed by atoms with E-state index in [0.717, 1.165) is 28.6 Å². The number of hydrogen-bond donors (Lipinski definition) is 1. The maximum Gasteiger partial charge on any atom is 0.220 e. The zero-order chi connectivity index (χ0) is 14.9. The van der Waals surface area contributed by atoms with Crippen LogP contribution in [0, 0.1) is 0 Å². The van der Waals surface area contributed by atoms with Crippen LogP contribution in [0.4, 0.5) is 0 Å². The van der Waals surface area contributed by atoms with Crippen LogP contribution < -0.4 is 5.32 Å². The Morgan fingerprint density at radius 1 is 1.33 bits per heavy atom. The molecule has 6 heteroatoms. The van der Waals surface area contributed by atoms with Gasteiger partial charge in [-0.05, 0) is 30.7 Å². The summed E-state index contributed by atoms with van der Waals surface area (Å²) in [6, 6.07) is 7.66. The molecule has 1 N–H and O–H groups in total. The summed E-state index contributed by atoms with van der Waals surface area (Å²) in [5, 5.41) is 3.66. The molecule has 0 saturated heterocycles. The van der Waals surface area contributed by atoms with Crippen molar-refractivity contribution in [1.29, 1.82) is 0 Å². The summed E-state index contributed by atoms with van der Waals surface area (Å²) in [7, 11) is 0. The zero-order valence-electron chi connectivity index (χ0n) is 11.7. The molecule has 0 aliphatic rings. The maximum absolute atomic E-state index is 11.7. The van der Waals surface area contributed by atoms with E-state index < -0.39 is 0 Å². The number of hydrogen-bond acceptors (Lipinski definition) is 3. The lowest BCUT2D eigenvalue weighted by molar-refractivity contribution is -0.120. The van der Waals surface area contributed by atoms with Crippen molar-refractivity contribution in [3.8, 4) is 0 Å². The molecule has 4 nitrogen and oxygen atoms in total. The predicted octanol–water partition coefficient (Wildman–Crippen LogP) is 3.23. The third kappa shape index (κ3) is 6.23. The quantitative estimate of drug-likeness (QED) is 0.599. The molecular formula is C15H18ClN3OS. The predicted molar refractivity (Wildman–Crippen MR) is 86.6 cm³/mol. The third-order valence-electron chi connectivity index (χ3n) is 2.89. The number of aryl methyl sites for hydroxylation is 1.